The first-order valence-corrected chi connectivity index (χ1v) is 40.8. The molecule has 1 fully saturated rings. The maximum atomic E-state index is 3.06. The molecular formula is C52H52Si6. The van der Waals surface area contributed by atoms with E-state index in [-0.39, 0.29) is 0 Å². The second kappa shape index (κ2) is 15.0. The van der Waals surface area contributed by atoms with Crippen molar-refractivity contribution in [3.8, 4) is 0 Å². The summed E-state index contributed by atoms with van der Waals surface area (Å²) in [7, 11) is -14.8. The maximum absolute atomic E-state index is 3.22. The lowest BCUT2D eigenvalue weighted by Crippen LogP contribution is -3.00. The van der Waals surface area contributed by atoms with Crippen LogP contribution in [0.2, 0.25) is 26.2 Å². The lowest BCUT2D eigenvalue weighted by molar-refractivity contribution is 1.70. The number of benzene rings is 8. The third-order valence-electron chi connectivity index (χ3n) is 14.3. The maximum Gasteiger partial charge on any atom is 0.120 e. The summed E-state index contributed by atoms with van der Waals surface area (Å²) in [5, 5.41) is 13.1. The second-order valence-electron chi connectivity index (χ2n) is 17.3. The highest BCUT2D eigenvalue weighted by Gasteiger charge is 2.94. The molecule has 8 aromatic rings. The minimum Gasteiger partial charge on any atom is -0.0738 e. The van der Waals surface area contributed by atoms with Crippen molar-refractivity contribution in [1.29, 1.82) is 0 Å². The van der Waals surface area contributed by atoms with Gasteiger partial charge in [-0.25, -0.2) is 0 Å². The summed E-state index contributed by atoms with van der Waals surface area (Å²) in [6.45, 7) is 8.78. The van der Waals surface area contributed by atoms with E-state index in [9.17, 15) is 0 Å². The van der Waals surface area contributed by atoms with Gasteiger partial charge in [-0.3, -0.25) is 0 Å². The first-order chi connectivity index (χ1) is 28.3. The van der Waals surface area contributed by atoms with Crippen LogP contribution in [0.25, 0.3) is 0 Å². The summed E-state index contributed by atoms with van der Waals surface area (Å²) in [6.07, 6.45) is 0. The van der Waals surface area contributed by atoms with E-state index in [1.807, 2.05) is 0 Å². The minimum atomic E-state index is -3.22. The zero-order valence-electron chi connectivity index (χ0n) is 34.1. The summed E-state index contributed by atoms with van der Waals surface area (Å²) in [5.41, 5.74) is 0. The molecule has 0 radical (unpaired) electrons. The average Bonchev–Trinajstić information content (AvgIpc) is 3.48. The van der Waals surface area contributed by atoms with Crippen LogP contribution in [0.15, 0.2) is 243 Å². The van der Waals surface area contributed by atoms with E-state index in [0.717, 1.165) is 0 Å². The van der Waals surface area contributed by atoms with E-state index in [1.165, 1.54) is 0 Å². The fourth-order valence-electron chi connectivity index (χ4n) is 12.6. The molecule has 1 aliphatic rings. The molecule has 0 atom stereocenters. The van der Waals surface area contributed by atoms with Crippen LogP contribution in [0.3, 0.4) is 0 Å². The summed E-state index contributed by atoms with van der Waals surface area (Å²) in [6, 6.07) is 98.4. The SMILES string of the molecule is C[Si](C)(C)[Si]1(C)[Si](c2ccccc2)(c2ccccc2)[Si](c2ccccc2)(c2ccccc2)[Si](c2ccccc2)(c2ccccc2)[Si]1(c1ccccc1)c1ccccc1. The van der Waals surface area contributed by atoms with Crippen LogP contribution in [0.4, 0.5) is 0 Å². The summed E-state index contributed by atoms with van der Waals surface area (Å²) < 4.78 is 0. The van der Waals surface area contributed by atoms with Gasteiger partial charge >= 0.3 is 0 Å². The molecule has 9 rings (SSSR count). The Morgan fingerprint density at radius 2 is 0.362 bits per heavy atom. The monoisotopic (exact) mass is 844 g/mol. The van der Waals surface area contributed by atoms with Gasteiger partial charge in [-0.15, -0.1) is 0 Å². The van der Waals surface area contributed by atoms with Crippen LogP contribution in [0, 0.1) is 0 Å². The third-order valence-corrected chi connectivity index (χ3v) is 147. The van der Waals surface area contributed by atoms with Gasteiger partial charge in [-0.1, -0.05) is 310 Å². The van der Waals surface area contributed by atoms with E-state index in [0.29, 0.717) is 0 Å². The molecule has 58 heavy (non-hydrogen) atoms. The molecule has 1 heterocycles. The smallest absolute Gasteiger partial charge is 0.0738 e. The normalized spacial score (nSPS) is 17.3. The highest BCUT2D eigenvalue weighted by Crippen LogP contribution is 2.53. The quantitative estimate of drug-likeness (QED) is 0.138. The van der Waals surface area contributed by atoms with Gasteiger partial charge in [0.15, 0.2) is 0 Å². The van der Waals surface area contributed by atoms with Crippen LogP contribution in [0.1, 0.15) is 0 Å². The second-order valence-corrected chi connectivity index (χ2v) is 76.7. The van der Waals surface area contributed by atoms with Crippen molar-refractivity contribution < 1.29 is 0 Å². The first-order valence-electron chi connectivity index (χ1n) is 20.8. The molecule has 1 saturated heterocycles. The third kappa shape index (κ3) is 4.93. The molecule has 0 amide bonds. The Balaban J connectivity index is 1.80. The number of hydrogen-bond acceptors (Lipinski definition) is 0. The Labute approximate surface area is 350 Å². The summed E-state index contributed by atoms with van der Waals surface area (Å²) >= 11 is 0. The van der Waals surface area contributed by atoms with Crippen molar-refractivity contribution in [2.75, 3.05) is 0 Å². The molecule has 284 valence electrons. The molecule has 0 aromatic heterocycles. The van der Waals surface area contributed by atoms with Gasteiger partial charge in [0, 0.05) is 7.59 Å². The van der Waals surface area contributed by atoms with E-state index in [1.54, 1.807) is 41.5 Å². The van der Waals surface area contributed by atoms with E-state index < -0.39 is 42.7 Å². The zero-order valence-corrected chi connectivity index (χ0v) is 40.1. The minimum absolute atomic E-state index is 1.62. The fourth-order valence-corrected chi connectivity index (χ4v) is 262. The zero-order chi connectivity index (χ0) is 39.9. The first kappa shape index (κ1) is 38.6. The van der Waals surface area contributed by atoms with Gasteiger partial charge in [-0.05, 0) is 0 Å². The van der Waals surface area contributed by atoms with Crippen LogP contribution >= 0.6 is 0 Å². The van der Waals surface area contributed by atoms with Gasteiger partial charge in [0.2, 0.25) is 0 Å². The highest BCUT2D eigenvalue weighted by atomic mass is 30.3. The van der Waals surface area contributed by atoms with Gasteiger partial charge in [-0.2, -0.15) is 0 Å². The van der Waals surface area contributed by atoms with Crippen molar-refractivity contribution in [2.24, 2.45) is 0 Å². The Bertz CT molecular complexity index is 2250. The van der Waals surface area contributed by atoms with Crippen LogP contribution in [0.5, 0.6) is 0 Å². The molecule has 6 heteroatoms. The number of rotatable bonds is 9. The van der Waals surface area contributed by atoms with Crippen molar-refractivity contribution >= 4 is 84.1 Å². The van der Waals surface area contributed by atoms with Gasteiger partial charge in [0.25, 0.3) is 0 Å². The predicted octanol–water partition coefficient (Wildman–Crippen LogP) is 6.94. The van der Waals surface area contributed by atoms with Gasteiger partial charge in [0.1, 0.15) is 28.4 Å². The number of hydrogen-bond donors (Lipinski definition) is 0. The lowest BCUT2D eigenvalue weighted by atomic mass is 10.4. The molecule has 0 bridgehead atoms. The molecule has 8 aromatic carbocycles. The Morgan fingerprint density at radius 3 is 0.500 bits per heavy atom. The topological polar surface area (TPSA) is 0 Å². The van der Waals surface area contributed by atoms with Crippen LogP contribution < -0.4 is 41.5 Å². The Kier molecular flexibility index (Phi) is 9.99. The van der Waals surface area contributed by atoms with Gasteiger partial charge < -0.3 is 0 Å². The molecule has 0 aliphatic carbocycles. The fraction of sp³-hybridized carbons (Fsp3) is 0.0769. The van der Waals surface area contributed by atoms with Crippen molar-refractivity contribution in [3.63, 3.8) is 0 Å². The van der Waals surface area contributed by atoms with E-state index in [4.69, 9.17) is 0 Å². The summed E-state index contributed by atoms with van der Waals surface area (Å²) in [4.78, 5) is 0. The van der Waals surface area contributed by atoms with Crippen LogP contribution in [-0.2, 0) is 0 Å². The van der Waals surface area contributed by atoms with E-state index in [2.05, 4.69) is 269 Å². The molecule has 0 spiro atoms. The average molecular weight is 846 g/mol. The summed E-state index contributed by atoms with van der Waals surface area (Å²) in [5.74, 6) is 0. The highest BCUT2D eigenvalue weighted by molar-refractivity contribution is 8.30. The Morgan fingerprint density at radius 1 is 0.224 bits per heavy atom. The van der Waals surface area contributed by atoms with Crippen molar-refractivity contribution in [2.45, 2.75) is 26.2 Å². The molecule has 0 nitrogen and oxygen atoms in total. The molecule has 1 aliphatic heterocycles. The molecule has 0 unspecified atom stereocenters. The van der Waals surface area contributed by atoms with Crippen LogP contribution in [-0.4, -0.2) is 42.7 Å². The van der Waals surface area contributed by atoms with Crippen molar-refractivity contribution in [3.05, 3.63) is 243 Å². The molecule has 0 saturated carbocycles. The van der Waals surface area contributed by atoms with E-state index >= 15 is 0 Å². The molecular weight excluding hydrogens is 793 g/mol. The standard InChI is InChI=1S/C52H52Si6/c1-53(2,3)54(4)55(45-29-13-5-14-30-45,46-31-15-6-16-32-46)57(49-37-21-9-22-38-49,50-39-23-10-24-40-50)58(51-41-25-11-26-42-51,52-43-27-12-28-44-52)56(54,47-33-17-7-18-34-47)48-35-19-8-20-36-48/h5-44H,1-4H3. The predicted molar refractivity (Wildman–Crippen MR) is 267 cm³/mol. The van der Waals surface area contributed by atoms with Gasteiger partial charge in [0.05, 0.1) is 6.63 Å². The lowest BCUT2D eigenvalue weighted by Gasteiger charge is -2.59. The molecule has 0 N–H and O–H groups in total. The largest absolute Gasteiger partial charge is 0.120 e. The van der Waals surface area contributed by atoms with Crippen molar-refractivity contribution in [1.82, 2.24) is 0 Å². The Hall–Kier alpha value is -4.94.